The van der Waals surface area contributed by atoms with Gasteiger partial charge in [0, 0.05) is 30.5 Å². The van der Waals surface area contributed by atoms with Crippen molar-refractivity contribution in [1.82, 2.24) is 10.6 Å². The molecule has 0 radical (unpaired) electrons. The summed E-state index contributed by atoms with van der Waals surface area (Å²) in [6.45, 7) is 4.27. The van der Waals surface area contributed by atoms with Gasteiger partial charge >= 0.3 is 5.97 Å². The molecule has 1 rings (SSSR count). The second-order valence-electron chi connectivity index (χ2n) is 5.01. The number of carbonyl (C=O) groups excluding carboxylic acids is 3. The lowest BCUT2D eigenvalue weighted by atomic mass is 10.2. The zero-order valence-electron chi connectivity index (χ0n) is 12.9. The van der Waals surface area contributed by atoms with Crippen molar-refractivity contribution in [3.63, 3.8) is 0 Å². The minimum Gasteiger partial charge on any atom is -0.463 e. The van der Waals surface area contributed by atoms with Gasteiger partial charge in [0.05, 0.1) is 12.5 Å². The van der Waals surface area contributed by atoms with Gasteiger partial charge in [-0.05, 0) is 31.7 Å². The van der Waals surface area contributed by atoms with Crippen molar-refractivity contribution < 1.29 is 19.1 Å². The van der Waals surface area contributed by atoms with Crippen molar-refractivity contribution in [2.24, 2.45) is 0 Å². The molecule has 0 aromatic carbocycles. The topological polar surface area (TPSA) is 84.5 Å². The van der Waals surface area contributed by atoms with Crippen molar-refractivity contribution in [2.75, 3.05) is 13.1 Å². The normalized spacial score (nSPS) is 10.3. The molecule has 0 spiro atoms. The standard InChI is InChI=1S/C15H22N2O4S/c1-11(2)21-14(19)5-8-16-13(18)4-3-7-17-15(20)12-6-9-22-10-12/h6,9-11H,3-5,7-8H2,1-2H3,(H,16,18)(H,17,20). The van der Waals surface area contributed by atoms with Crippen molar-refractivity contribution in [3.05, 3.63) is 22.4 Å². The van der Waals surface area contributed by atoms with Crippen LogP contribution in [0.15, 0.2) is 16.8 Å². The van der Waals surface area contributed by atoms with E-state index in [1.807, 2.05) is 5.38 Å². The Morgan fingerprint density at radius 3 is 2.59 bits per heavy atom. The van der Waals surface area contributed by atoms with Crippen molar-refractivity contribution in [1.29, 1.82) is 0 Å². The van der Waals surface area contributed by atoms with Gasteiger partial charge in [0.2, 0.25) is 5.91 Å². The first-order chi connectivity index (χ1) is 10.5. The summed E-state index contributed by atoms with van der Waals surface area (Å²) in [6.07, 6.45) is 0.884. The van der Waals surface area contributed by atoms with E-state index in [0.717, 1.165) is 0 Å². The first-order valence-electron chi connectivity index (χ1n) is 7.25. The molecule has 0 saturated carbocycles. The SMILES string of the molecule is CC(C)OC(=O)CCNC(=O)CCCNC(=O)c1ccsc1. The zero-order chi connectivity index (χ0) is 16.4. The van der Waals surface area contributed by atoms with Crippen molar-refractivity contribution in [2.45, 2.75) is 39.2 Å². The Hall–Kier alpha value is -1.89. The third-order valence-electron chi connectivity index (χ3n) is 2.67. The fraction of sp³-hybridized carbons (Fsp3) is 0.533. The van der Waals surface area contributed by atoms with E-state index in [4.69, 9.17) is 4.74 Å². The summed E-state index contributed by atoms with van der Waals surface area (Å²) in [5.41, 5.74) is 0.637. The molecule has 22 heavy (non-hydrogen) atoms. The molecule has 6 nitrogen and oxygen atoms in total. The first kappa shape index (κ1) is 18.2. The van der Waals surface area contributed by atoms with Crippen LogP contribution in [-0.2, 0) is 14.3 Å². The lowest BCUT2D eigenvalue weighted by molar-refractivity contribution is -0.147. The highest BCUT2D eigenvalue weighted by Gasteiger charge is 2.08. The number of amides is 2. The Labute approximate surface area is 134 Å². The Balaban J connectivity index is 2.04. The summed E-state index contributed by atoms with van der Waals surface area (Å²) in [5, 5.41) is 9.02. The van der Waals surface area contributed by atoms with E-state index in [1.165, 1.54) is 11.3 Å². The molecule has 122 valence electrons. The lowest BCUT2D eigenvalue weighted by Gasteiger charge is -2.08. The molecule has 2 N–H and O–H groups in total. The number of ether oxygens (including phenoxy) is 1. The maximum atomic E-state index is 11.6. The van der Waals surface area contributed by atoms with Gasteiger partial charge in [-0.25, -0.2) is 0 Å². The lowest BCUT2D eigenvalue weighted by Crippen LogP contribution is -2.29. The summed E-state index contributed by atoms with van der Waals surface area (Å²) in [7, 11) is 0. The quantitative estimate of drug-likeness (QED) is 0.534. The highest BCUT2D eigenvalue weighted by atomic mass is 32.1. The van der Waals surface area contributed by atoms with E-state index in [0.29, 0.717) is 24.9 Å². The number of rotatable bonds is 9. The molecule has 1 heterocycles. The second kappa shape index (κ2) is 9.94. The maximum Gasteiger partial charge on any atom is 0.307 e. The molecule has 7 heteroatoms. The molecule has 1 aromatic heterocycles. The van der Waals surface area contributed by atoms with E-state index in [-0.39, 0.29) is 36.9 Å². The number of carbonyl (C=O) groups is 3. The van der Waals surface area contributed by atoms with Gasteiger partial charge in [-0.2, -0.15) is 11.3 Å². The molecule has 0 atom stereocenters. The predicted octanol–water partition coefficient (Wildman–Crippen LogP) is 1.72. The Morgan fingerprint density at radius 1 is 1.18 bits per heavy atom. The number of thiophene rings is 1. The maximum absolute atomic E-state index is 11.6. The third-order valence-corrected chi connectivity index (χ3v) is 3.35. The monoisotopic (exact) mass is 326 g/mol. The summed E-state index contributed by atoms with van der Waals surface area (Å²) in [6, 6.07) is 1.75. The first-order valence-corrected chi connectivity index (χ1v) is 8.20. The zero-order valence-corrected chi connectivity index (χ0v) is 13.7. The molecule has 0 saturated heterocycles. The molecule has 0 aliphatic heterocycles. The molecule has 0 bridgehead atoms. The number of hydrogen-bond donors (Lipinski definition) is 2. The molecular formula is C15H22N2O4S. The van der Waals surface area contributed by atoms with Crippen LogP contribution in [0, 0.1) is 0 Å². The van der Waals surface area contributed by atoms with Gasteiger partial charge in [0.15, 0.2) is 0 Å². The minimum absolute atomic E-state index is 0.127. The van der Waals surface area contributed by atoms with Crippen LogP contribution in [0.1, 0.15) is 43.5 Å². The van der Waals surface area contributed by atoms with Crippen LogP contribution in [0.2, 0.25) is 0 Å². The Morgan fingerprint density at radius 2 is 1.95 bits per heavy atom. The fourth-order valence-corrected chi connectivity index (χ4v) is 2.30. The third kappa shape index (κ3) is 7.78. The molecule has 0 aliphatic rings. The van der Waals surface area contributed by atoms with E-state index >= 15 is 0 Å². The summed E-state index contributed by atoms with van der Waals surface area (Å²) in [5.74, 6) is -0.585. The van der Waals surface area contributed by atoms with Gasteiger partial charge in [-0.1, -0.05) is 0 Å². The summed E-state index contributed by atoms with van der Waals surface area (Å²) < 4.78 is 4.96. The largest absolute Gasteiger partial charge is 0.463 e. The van der Waals surface area contributed by atoms with Gasteiger partial charge in [-0.3, -0.25) is 14.4 Å². The Kier molecular flexibility index (Phi) is 8.21. The number of esters is 1. The molecule has 2 amide bonds. The number of nitrogens with one attached hydrogen (secondary N) is 2. The average Bonchev–Trinajstić information content (AvgIpc) is 2.96. The van der Waals surface area contributed by atoms with Crippen LogP contribution >= 0.6 is 11.3 Å². The fourth-order valence-electron chi connectivity index (χ4n) is 1.66. The Bertz CT molecular complexity index is 486. The van der Waals surface area contributed by atoms with Crippen LogP contribution in [0.25, 0.3) is 0 Å². The van der Waals surface area contributed by atoms with Gasteiger partial charge in [0.1, 0.15) is 0 Å². The van der Waals surface area contributed by atoms with Crippen LogP contribution in [0.5, 0.6) is 0 Å². The van der Waals surface area contributed by atoms with E-state index in [2.05, 4.69) is 10.6 Å². The summed E-state index contributed by atoms with van der Waals surface area (Å²) >= 11 is 1.46. The van der Waals surface area contributed by atoms with Gasteiger partial charge in [-0.15, -0.1) is 0 Å². The highest BCUT2D eigenvalue weighted by molar-refractivity contribution is 7.08. The van der Waals surface area contributed by atoms with Crippen molar-refractivity contribution in [3.8, 4) is 0 Å². The molecule has 0 fully saturated rings. The molecule has 0 unspecified atom stereocenters. The van der Waals surface area contributed by atoms with E-state index < -0.39 is 0 Å². The van der Waals surface area contributed by atoms with Crippen molar-refractivity contribution >= 4 is 29.1 Å². The van der Waals surface area contributed by atoms with E-state index in [9.17, 15) is 14.4 Å². The molecular weight excluding hydrogens is 304 g/mol. The molecule has 1 aromatic rings. The van der Waals surface area contributed by atoms with Crippen LogP contribution in [0.4, 0.5) is 0 Å². The van der Waals surface area contributed by atoms with E-state index in [1.54, 1.807) is 25.3 Å². The van der Waals surface area contributed by atoms with Crippen LogP contribution in [-0.4, -0.2) is 37.0 Å². The summed E-state index contributed by atoms with van der Waals surface area (Å²) in [4.78, 5) is 34.4. The smallest absolute Gasteiger partial charge is 0.307 e. The highest BCUT2D eigenvalue weighted by Crippen LogP contribution is 2.05. The van der Waals surface area contributed by atoms with Gasteiger partial charge in [0.25, 0.3) is 5.91 Å². The van der Waals surface area contributed by atoms with Gasteiger partial charge < -0.3 is 15.4 Å². The minimum atomic E-state index is -0.321. The van der Waals surface area contributed by atoms with Crippen LogP contribution < -0.4 is 10.6 Å². The average molecular weight is 326 g/mol. The number of hydrogen-bond acceptors (Lipinski definition) is 5. The molecule has 0 aliphatic carbocycles. The van der Waals surface area contributed by atoms with Crippen LogP contribution in [0.3, 0.4) is 0 Å². The second-order valence-corrected chi connectivity index (χ2v) is 5.79. The predicted molar refractivity (Wildman–Crippen MR) is 84.7 cm³/mol.